The van der Waals surface area contributed by atoms with Crippen LogP contribution < -0.4 is 5.32 Å². The molecule has 0 atom stereocenters. The molecule has 0 aliphatic carbocycles. The van der Waals surface area contributed by atoms with E-state index in [9.17, 15) is 0 Å². The van der Waals surface area contributed by atoms with Gasteiger partial charge in [-0.2, -0.15) is 0 Å². The number of hydrogen-bond acceptors (Lipinski definition) is 5. The number of ether oxygens (including phenoxy) is 1. The van der Waals surface area contributed by atoms with Crippen LogP contribution in [0, 0.1) is 0 Å². The molecular weight excluding hydrogens is 380 g/mol. The number of thiazole rings is 1. The van der Waals surface area contributed by atoms with E-state index in [-0.39, 0.29) is 0 Å². The fraction of sp³-hybridized carbons (Fsp3) is 0.348. The Morgan fingerprint density at radius 3 is 2.72 bits per heavy atom. The van der Waals surface area contributed by atoms with E-state index in [2.05, 4.69) is 63.3 Å². The molecule has 5 nitrogen and oxygen atoms in total. The van der Waals surface area contributed by atoms with Crippen LogP contribution >= 0.6 is 11.3 Å². The maximum absolute atomic E-state index is 5.43. The molecule has 1 N–H and O–H groups in total. The van der Waals surface area contributed by atoms with Gasteiger partial charge < -0.3 is 10.1 Å². The van der Waals surface area contributed by atoms with Gasteiger partial charge in [0.25, 0.3) is 0 Å². The number of aromatic nitrogens is 2. The summed E-state index contributed by atoms with van der Waals surface area (Å²) in [5.41, 5.74) is 5.94. The minimum Gasteiger partial charge on any atom is -0.388 e. The van der Waals surface area contributed by atoms with Crippen LogP contribution in [0.25, 0.3) is 26.4 Å². The molecule has 1 saturated heterocycles. The quantitative estimate of drug-likeness (QED) is 0.511. The third-order valence-electron chi connectivity index (χ3n) is 5.67. The third-order valence-corrected chi connectivity index (χ3v) is 6.69. The second-order valence-electron chi connectivity index (χ2n) is 7.57. The highest BCUT2D eigenvalue weighted by atomic mass is 32.1. The van der Waals surface area contributed by atoms with Crippen LogP contribution in [0.3, 0.4) is 0 Å². The lowest BCUT2D eigenvalue weighted by molar-refractivity contribution is 0.0375. The molecule has 5 rings (SSSR count). The molecule has 1 fully saturated rings. The second kappa shape index (κ2) is 8.14. The summed E-state index contributed by atoms with van der Waals surface area (Å²) in [6.45, 7) is 5.05. The van der Waals surface area contributed by atoms with Crippen molar-refractivity contribution in [3.8, 4) is 11.3 Å². The number of morpholine rings is 1. The average molecular weight is 407 g/mol. The van der Waals surface area contributed by atoms with Gasteiger partial charge in [0.2, 0.25) is 0 Å². The van der Waals surface area contributed by atoms with Crippen molar-refractivity contribution in [2.75, 3.05) is 45.2 Å². The van der Waals surface area contributed by atoms with E-state index in [1.54, 1.807) is 11.3 Å². The van der Waals surface area contributed by atoms with Gasteiger partial charge in [0.1, 0.15) is 0 Å². The first-order chi connectivity index (χ1) is 14.3. The number of benzene rings is 2. The van der Waals surface area contributed by atoms with Crippen LogP contribution in [-0.2, 0) is 11.2 Å². The van der Waals surface area contributed by atoms with Crippen molar-refractivity contribution in [2.24, 2.45) is 0 Å². The Hall–Kier alpha value is -2.41. The zero-order chi connectivity index (χ0) is 19.6. The molecule has 0 bridgehead atoms. The number of nitrogens with zero attached hydrogens (tertiary/aromatic N) is 3. The van der Waals surface area contributed by atoms with Gasteiger partial charge in [-0.1, -0.05) is 29.5 Å². The van der Waals surface area contributed by atoms with Crippen molar-refractivity contribution in [3.63, 3.8) is 0 Å². The Balaban J connectivity index is 1.32. The number of rotatable bonds is 6. The Kier molecular flexibility index (Phi) is 5.23. The zero-order valence-corrected chi connectivity index (χ0v) is 17.5. The molecule has 0 radical (unpaired) electrons. The molecule has 0 saturated carbocycles. The van der Waals surface area contributed by atoms with Gasteiger partial charge in [-0.3, -0.25) is 9.30 Å². The van der Waals surface area contributed by atoms with E-state index in [4.69, 9.17) is 9.72 Å². The Bertz CT molecular complexity index is 1110. The van der Waals surface area contributed by atoms with Crippen LogP contribution in [0.15, 0.2) is 48.7 Å². The van der Waals surface area contributed by atoms with Crippen LogP contribution in [-0.4, -0.2) is 54.2 Å². The maximum atomic E-state index is 5.43. The third kappa shape index (κ3) is 3.88. The SMILES string of the molecule is CNc1ccc(-c2cn3c(n2)sc2cc(CCCN4CCOCC4)ccc23)cc1. The van der Waals surface area contributed by atoms with Gasteiger partial charge >= 0.3 is 0 Å². The molecule has 6 heteroatoms. The Labute approximate surface area is 174 Å². The predicted molar refractivity (Wildman–Crippen MR) is 121 cm³/mol. The molecule has 29 heavy (non-hydrogen) atoms. The first-order valence-corrected chi connectivity index (χ1v) is 11.1. The smallest absolute Gasteiger partial charge is 0.195 e. The molecule has 1 aliphatic rings. The summed E-state index contributed by atoms with van der Waals surface area (Å²) in [4.78, 5) is 8.43. The van der Waals surface area contributed by atoms with Crippen molar-refractivity contribution < 1.29 is 4.74 Å². The topological polar surface area (TPSA) is 41.8 Å². The van der Waals surface area contributed by atoms with Crippen molar-refractivity contribution in [1.82, 2.24) is 14.3 Å². The molecule has 0 spiro atoms. The summed E-state index contributed by atoms with van der Waals surface area (Å²) in [6.07, 6.45) is 4.47. The molecule has 1 aliphatic heterocycles. The van der Waals surface area contributed by atoms with E-state index in [0.717, 1.165) is 61.2 Å². The fourth-order valence-corrected chi connectivity index (χ4v) is 5.05. The Morgan fingerprint density at radius 1 is 1.10 bits per heavy atom. The average Bonchev–Trinajstić information content (AvgIpc) is 3.32. The molecular formula is C23H26N4OS. The van der Waals surface area contributed by atoms with Crippen molar-refractivity contribution >= 4 is 32.2 Å². The summed E-state index contributed by atoms with van der Waals surface area (Å²) in [7, 11) is 1.94. The summed E-state index contributed by atoms with van der Waals surface area (Å²) < 4.78 is 8.96. The minimum absolute atomic E-state index is 0.878. The predicted octanol–water partition coefficient (Wildman–Crippen LogP) is 4.52. The molecule has 2 aromatic heterocycles. The number of hydrogen-bond donors (Lipinski definition) is 1. The van der Waals surface area contributed by atoms with Gasteiger partial charge in [-0.05, 0) is 49.2 Å². The molecule has 3 heterocycles. The standard InChI is InChI=1S/C23H26N4OS/c1-24-19-7-5-18(6-8-19)20-16-27-21-9-4-17(15-22(21)29-23(27)25-20)3-2-10-26-11-13-28-14-12-26/h4-9,15-16,24H,2-3,10-14H2,1H3. The van der Waals surface area contributed by atoms with E-state index < -0.39 is 0 Å². The lowest BCUT2D eigenvalue weighted by atomic mass is 10.1. The number of nitrogens with one attached hydrogen (secondary N) is 1. The van der Waals surface area contributed by atoms with Crippen LogP contribution in [0.4, 0.5) is 5.69 Å². The summed E-state index contributed by atoms with van der Waals surface area (Å²) >= 11 is 1.77. The number of imidazole rings is 1. The van der Waals surface area contributed by atoms with E-state index in [1.165, 1.54) is 22.2 Å². The van der Waals surface area contributed by atoms with Crippen LogP contribution in [0.5, 0.6) is 0 Å². The molecule has 0 amide bonds. The summed E-state index contributed by atoms with van der Waals surface area (Å²) in [6, 6.07) is 15.3. The largest absolute Gasteiger partial charge is 0.388 e. The lowest BCUT2D eigenvalue weighted by Crippen LogP contribution is -2.36. The van der Waals surface area contributed by atoms with Crippen molar-refractivity contribution in [1.29, 1.82) is 0 Å². The summed E-state index contributed by atoms with van der Waals surface area (Å²) in [5.74, 6) is 0. The van der Waals surface area contributed by atoms with Gasteiger partial charge in [0, 0.05) is 37.6 Å². The fourth-order valence-electron chi connectivity index (χ4n) is 3.98. The van der Waals surface area contributed by atoms with Gasteiger partial charge in [0.15, 0.2) is 4.96 Å². The van der Waals surface area contributed by atoms with Crippen LogP contribution in [0.1, 0.15) is 12.0 Å². The first kappa shape index (κ1) is 18.6. The van der Waals surface area contributed by atoms with E-state index in [0.29, 0.717) is 0 Å². The molecule has 0 unspecified atom stereocenters. The molecule has 2 aromatic carbocycles. The number of anilines is 1. The highest BCUT2D eigenvalue weighted by molar-refractivity contribution is 7.23. The van der Waals surface area contributed by atoms with Gasteiger partial charge in [0.05, 0.1) is 29.1 Å². The zero-order valence-electron chi connectivity index (χ0n) is 16.7. The molecule has 4 aromatic rings. The van der Waals surface area contributed by atoms with Gasteiger partial charge in [-0.25, -0.2) is 4.98 Å². The molecule has 150 valence electrons. The highest BCUT2D eigenvalue weighted by Gasteiger charge is 2.12. The maximum Gasteiger partial charge on any atom is 0.195 e. The number of fused-ring (bicyclic) bond motifs is 3. The normalized spacial score (nSPS) is 15.3. The van der Waals surface area contributed by atoms with E-state index >= 15 is 0 Å². The monoisotopic (exact) mass is 406 g/mol. The number of aryl methyl sites for hydroxylation is 1. The Morgan fingerprint density at radius 2 is 1.93 bits per heavy atom. The highest BCUT2D eigenvalue weighted by Crippen LogP contribution is 2.30. The van der Waals surface area contributed by atoms with Gasteiger partial charge in [-0.15, -0.1) is 0 Å². The van der Waals surface area contributed by atoms with Crippen molar-refractivity contribution in [3.05, 3.63) is 54.2 Å². The van der Waals surface area contributed by atoms with E-state index in [1.807, 2.05) is 7.05 Å². The van der Waals surface area contributed by atoms with Crippen LogP contribution in [0.2, 0.25) is 0 Å². The van der Waals surface area contributed by atoms with Crippen molar-refractivity contribution in [2.45, 2.75) is 12.8 Å². The minimum atomic E-state index is 0.878. The second-order valence-corrected chi connectivity index (χ2v) is 8.58. The first-order valence-electron chi connectivity index (χ1n) is 10.3. The summed E-state index contributed by atoms with van der Waals surface area (Å²) in [5, 5.41) is 3.16. The lowest BCUT2D eigenvalue weighted by Gasteiger charge is -2.26.